The minimum Gasteiger partial charge on any atom is -0.475 e. The fourth-order valence-electron chi connectivity index (χ4n) is 2.74. The van der Waals surface area contributed by atoms with E-state index in [1.165, 1.54) is 31.7 Å². The zero-order valence-electron chi connectivity index (χ0n) is 10.8. The number of aromatic carboxylic acids is 1. The van der Waals surface area contributed by atoms with E-state index < -0.39 is 5.97 Å². The van der Waals surface area contributed by atoms with E-state index in [1.807, 2.05) is 0 Å². The predicted molar refractivity (Wildman–Crippen MR) is 69.9 cm³/mol. The number of rotatable bonds is 5. The molecule has 0 bridgehead atoms. The van der Waals surface area contributed by atoms with Gasteiger partial charge >= 0.3 is 5.97 Å². The maximum absolute atomic E-state index is 10.7. The maximum atomic E-state index is 10.7. The largest absolute Gasteiger partial charge is 0.475 e. The number of anilines is 1. The average Bonchev–Trinajstić information content (AvgIpc) is 2.81. The molecule has 0 spiro atoms. The molecule has 1 saturated carbocycles. The number of nitrogens with one attached hydrogen (secondary N) is 1. The second-order valence-electron chi connectivity index (χ2n) is 5.12. The molecule has 1 aromatic heterocycles. The van der Waals surface area contributed by atoms with Gasteiger partial charge in [-0.25, -0.2) is 4.79 Å². The molecule has 4 heteroatoms. The lowest BCUT2D eigenvalue weighted by Crippen LogP contribution is -2.25. The number of carboxylic acids is 1. The van der Waals surface area contributed by atoms with Crippen molar-refractivity contribution < 1.29 is 14.3 Å². The Labute approximate surface area is 107 Å². The summed E-state index contributed by atoms with van der Waals surface area (Å²) in [5.41, 5.74) is 0. The molecule has 1 aliphatic rings. The highest BCUT2D eigenvalue weighted by atomic mass is 16.4. The highest BCUT2D eigenvalue weighted by molar-refractivity contribution is 5.84. The summed E-state index contributed by atoms with van der Waals surface area (Å²) in [4.78, 5) is 10.7. The van der Waals surface area contributed by atoms with E-state index in [1.54, 1.807) is 6.07 Å². The number of hydrogen-bond acceptors (Lipinski definition) is 3. The lowest BCUT2D eigenvalue weighted by molar-refractivity contribution is 0.0663. The summed E-state index contributed by atoms with van der Waals surface area (Å²) in [6.07, 6.45) is 7.41. The molecule has 1 aliphatic carbocycles. The molecule has 100 valence electrons. The van der Waals surface area contributed by atoms with Crippen molar-refractivity contribution in [3.63, 3.8) is 0 Å². The van der Waals surface area contributed by atoms with Crippen molar-refractivity contribution in [2.75, 3.05) is 5.32 Å². The Bertz CT molecular complexity index is 391. The van der Waals surface area contributed by atoms with E-state index in [9.17, 15) is 4.79 Å². The van der Waals surface area contributed by atoms with Crippen LogP contribution in [0.3, 0.4) is 0 Å². The second-order valence-corrected chi connectivity index (χ2v) is 5.12. The lowest BCUT2D eigenvalue weighted by Gasteiger charge is -2.28. The highest BCUT2D eigenvalue weighted by Gasteiger charge is 2.21. The van der Waals surface area contributed by atoms with Gasteiger partial charge in [0.2, 0.25) is 5.76 Å². The van der Waals surface area contributed by atoms with Gasteiger partial charge in [0.25, 0.3) is 0 Å². The number of furan rings is 1. The summed E-state index contributed by atoms with van der Waals surface area (Å²) in [6, 6.07) is 3.61. The summed E-state index contributed by atoms with van der Waals surface area (Å²) in [6.45, 7) is 2.24. The monoisotopic (exact) mass is 251 g/mol. The first-order chi connectivity index (χ1) is 8.69. The Morgan fingerprint density at radius 1 is 1.39 bits per heavy atom. The zero-order valence-corrected chi connectivity index (χ0v) is 10.8. The number of carboxylic acid groups (broad SMARTS) is 1. The van der Waals surface area contributed by atoms with Crippen LogP contribution in [0.4, 0.5) is 5.88 Å². The molecular weight excluding hydrogens is 230 g/mol. The van der Waals surface area contributed by atoms with Crippen LogP contribution in [0, 0.1) is 5.92 Å². The zero-order chi connectivity index (χ0) is 13.0. The Kier molecular flexibility index (Phi) is 4.28. The topological polar surface area (TPSA) is 62.5 Å². The first-order valence-corrected chi connectivity index (χ1v) is 6.78. The van der Waals surface area contributed by atoms with E-state index >= 15 is 0 Å². The van der Waals surface area contributed by atoms with Gasteiger partial charge in [0.05, 0.1) is 0 Å². The Hall–Kier alpha value is -1.45. The van der Waals surface area contributed by atoms with Crippen molar-refractivity contribution in [3.8, 4) is 0 Å². The second kappa shape index (κ2) is 5.94. The summed E-state index contributed by atoms with van der Waals surface area (Å²) in [7, 11) is 0. The quantitative estimate of drug-likeness (QED) is 0.836. The van der Waals surface area contributed by atoms with E-state index in [-0.39, 0.29) is 5.76 Å². The molecule has 18 heavy (non-hydrogen) atoms. The van der Waals surface area contributed by atoms with Crippen LogP contribution < -0.4 is 5.32 Å². The molecule has 2 N–H and O–H groups in total. The van der Waals surface area contributed by atoms with Crippen molar-refractivity contribution in [2.45, 2.75) is 51.5 Å². The van der Waals surface area contributed by atoms with E-state index in [0.717, 1.165) is 18.8 Å². The van der Waals surface area contributed by atoms with Crippen LogP contribution in [-0.2, 0) is 0 Å². The summed E-state index contributed by atoms with van der Waals surface area (Å²) < 4.78 is 5.21. The maximum Gasteiger partial charge on any atom is 0.371 e. The van der Waals surface area contributed by atoms with Gasteiger partial charge in [-0.3, -0.25) is 0 Å². The molecule has 1 fully saturated rings. The first kappa shape index (κ1) is 13.0. The first-order valence-electron chi connectivity index (χ1n) is 6.78. The van der Waals surface area contributed by atoms with Crippen LogP contribution in [0.1, 0.15) is 56.0 Å². The molecule has 0 aliphatic heterocycles. The van der Waals surface area contributed by atoms with Gasteiger partial charge in [-0.2, -0.15) is 0 Å². The average molecular weight is 251 g/mol. The van der Waals surface area contributed by atoms with Gasteiger partial charge in [-0.15, -0.1) is 0 Å². The molecule has 1 aromatic rings. The Morgan fingerprint density at radius 3 is 2.67 bits per heavy atom. The Morgan fingerprint density at radius 2 is 2.11 bits per heavy atom. The molecular formula is C14H21NO3. The number of carbonyl (C=O) groups is 1. The molecule has 0 unspecified atom stereocenters. The van der Waals surface area contributed by atoms with Crippen LogP contribution in [0.2, 0.25) is 0 Å². The fraction of sp³-hybridized carbons (Fsp3) is 0.643. The molecule has 0 radical (unpaired) electrons. The molecule has 4 nitrogen and oxygen atoms in total. The number of hydrogen-bond donors (Lipinski definition) is 2. The molecule has 0 atom stereocenters. The van der Waals surface area contributed by atoms with Crippen LogP contribution in [0.5, 0.6) is 0 Å². The van der Waals surface area contributed by atoms with E-state index in [4.69, 9.17) is 9.52 Å². The minimum absolute atomic E-state index is 0.00262. The van der Waals surface area contributed by atoms with Gasteiger partial charge in [0.1, 0.15) is 0 Å². The molecule has 2 rings (SSSR count). The van der Waals surface area contributed by atoms with Crippen LogP contribution in [0.15, 0.2) is 16.5 Å². The van der Waals surface area contributed by atoms with Gasteiger partial charge in [-0.1, -0.05) is 19.8 Å². The summed E-state index contributed by atoms with van der Waals surface area (Å²) in [5, 5.41) is 12.1. The minimum atomic E-state index is -1.02. The van der Waals surface area contributed by atoms with Crippen LogP contribution in [0.25, 0.3) is 0 Å². The third-order valence-corrected chi connectivity index (χ3v) is 3.71. The highest BCUT2D eigenvalue weighted by Crippen LogP contribution is 2.29. The summed E-state index contributed by atoms with van der Waals surface area (Å²) >= 11 is 0. The van der Waals surface area contributed by atoms with Gasteiger partial charge in [0.15, 0.2) is 5.88 Å². The van der Waals surface area contributed by atoms with Crippen LogP contribution >= 0.6 is 0 Å². The third kappa shape index (κ3) is 3.28. The van der Waals surface area contributed by atoms with Crippen LogP contribution in [-0.4, -0.2) is 17.1 Å². The lowest BCUT2D eigenvalue weighted by atomic mass is 9.83. The van der Waals surface area contributed by atoms with Gasteiger partial charge in [-0.05, 0) is 37.7 Å². The van der Waals surface area contributed by atoms with Crippen molar-refractivity contribution >= 4 is 11.9 Å². The van der Waals surface area contributed by atoms with Crippen molar-refractivity contribution in [1.29, 1.82) is 0 Å². The van der Waals surface area contributed by atoms with Crippen molar-refractivity contribution in [1.82, 2.24) is 0 Å². The fourth-order valence-corrected chi connectivity index (χ4v) is 2.74. The standard InChI is InChI=1S/C14H21NO3/c1-2-3-10-4-6-11(7-5-10)15-13-9-8-12(18-13)14(16)17/h8-11,15H,2-7H2,1H3,(H,16,17). The van der Waals surface area contributed by atoms with Gasteiger partial charge < -0.3 is 14.8 Å². The predicted octanol–water partition coefficient (Wildman–Crippen LogP) is 3.75. The molecule has 0 amide bonds. The van der Waals surface area contributed by atoms with Crippen molar-refractivity contribution in [2.24, 2.45) is 5.92 Å². The Balaban J connectivity index is 1.82. The van der Waals surface area contributed by atoms with Crippen molar-refractivity contribution in [3.05, 3.63) is 17.9 Å². The van der Waals surface area contributed by atoms with E-state index in [2.05, 4.69) is 12.2 Å². The SMILES string of the molecule is CCCC1CCC(Nc2ccc(C(=O)O)o2)CC1. The molecule has 0 saturated heterocycles. The van der Waals surface area contributed by atoms with Gasteiger partial charge in [0, 0.05) is 12.1 Å². The van der Waals surface area contributed by atoms with E-state index in [0.29, 0.717) is 11.9 Å². The third-order valence-electron chi connectivity index (χ3n) is 3.71. The smallest absolute Gasteiger partial charge is 0.371 e. The normalized spacial score (nSPS) is 23.8. The summed E-state index contributed by atoms with van der Waals surface area (Å²) in [5.74, 6) is 0.428. The molecule has 0 aromatic carbocycles. The molecule has 1 heterocycles.